The number of nitrogens with zero attached hydrogens (tertiary/aromatic N) is 2. The summed E-state index contributed by atoms with van der Waals surface area (Å²) in [6.07, 6.45) is -0.408. The Morgan fingerprint density at radius 1 is 0.788 bits per heavy atom. The zero-order valence-corrected chi connectivity index (χ0v) is 29.5. The van der Waals surface area contributed by atoms with Crippen LogP contribution in [0.15, 0.2) is 4.99 Å². The number of hydrogen-bond acceptors (Lipinski definition) is 11. The number of aliphatic imine (C=N–C) groups is 1. The predicted molar refractivity (Wildman–Crippen MR) is 184 cm³/mol. The number of rotatable bonds is 22. The summed E-state index contributed by atoms with van der Waals surface area (Å²) in [6, 6.07) is -8.26. The average Bonchev–Trinajstić information content (AvgIpc) is 3.56. The number of primary amides is 2. The fourth-order valence-corrected chi connectivity index (χ4v) is 5.25. The van der Waals surface area contributed by atoms with Crippen molar-refractivity contribution in [2.24, 2.45) is 39.6 Å². The second-order valence-corrected chi connectivity index (χ2v) is 12.4. The van der Waals surface area contributed by atoms with Crippen LogP contribution < -0.4 is 55.3 Å². The van der Waals surface area contributed by atoms with Crippen molar-refractivity contribution >= 4 is 59.2 Å². The van der Waals surface area contributed by atoms with Crippen molar-refractivity contribution in [3.8, 4) is 0 Å². The maximum absolute atomic E-state index is 13.5. The van der Waals surface area contributed by atoms with E-state index < -0.39 is 115 Å². The minimum Gasteiger partial charge on any atom is -0.480 e. The van der Waals surface area contributed by atoms with E-state index in [9.17, 15) is 48.3 Å². The van der Waals surface area contributed by atoms with Crippen molar-refractivity contribution in [2.45, 2.75) is 102 Å². The van der Waals surface area contributed by atoms with Crippen LogP contribution in [0.2, 0.25) is 0 Å². The number of nitrogens with one attached hydrogen (secondary N) is 5. The van der Waals surface area contributed by atoms with Crippen molar-refractivity contribution in [2.75, 3.05) is 19.6 Å². The van der Waals surface area contributed by atoms with Gasteiger partial charge in [0.15, 0.2) is 5.96 Å². The molecule has 1 rings (SSSR count). The minimum absolute atomic E-state index is 0.0316. The summed E-state index contributed by atoms with van der Waals surface area (Å²) in [5.74, 6) is -9.22. The third-order valence-corrected chi connectivity index (χ3v) is 8.20. The Balaban J connectivity index is 3.27. The monoisotopic (exact) mass is 740 g/mol. The maximum atomic E-state index is 13.5. The molecule has 0 aromatic carbocycles. The Labute approximate surface area is 300 Å². The van der Waals surface area contributed by atoms with E-state index in [2.05, 4.69) is 31.6 Å². The molecule has 22 nitrogen and oxygen atoms in total. The number of carbonyl (C=O) groups is 9. The Bertz CT molecular complexity index is 1370. The molecule has 0 aliphatic carbocycles. The highest BCUT2D eigenvalue weighted by molar-refractivity contribution is 5.99. The number of amides is 8. The van der Waals surface area contributed by atoms with E-state index in [1.165, 1.54) is 6.92 Å². The number of hydrogen-bond donors (Lipinski definition) is 11. The summed E-state index contributed by atoms with van der Waals surface area (Å²) in [6.45, 7) is 4.51. The summed E-state index contributed by atoms with van der Waals surface area (Å²) >= 11 is 0. The molecule has 8 amide bonds. The van der Waals surface area contributed by atoms with Crippen molar-refractivity contribution in [1.82, 2.24) is 31.5 Å². The number of carbonyl (C=O) groups excluding carboxylic acids is 8. The zero-order chi connectivity index (χ0) is 39.7. The van der Waals surface area contributed by atoms with Crippen molar-refractivity contribution in [3.63, 3.8) is 0 Å². The van der Waals surface area contributed by atoms with Crippen molar-refractivity contribution in [3.05, 3.63) is 0 Å². The molecule has 0 unspecified atom stereocenters. The van der Waals surface area contributed by atoms with Crippen LogP contribution in [0.25, 0.3) is 0 Å². The molecule has 7 atom stereocenters. The van der Waals surface area contributed by atoms with Gasteiger partial charge >= 0.3 is 5.97 Å². The van der Waals surface area contributed by atoms with Crippen LogP contribution in [-0.4, -0.2) is 125 Å². The molecule has 16 N–H and O–H groups in total. The van der Waals surface area contributed by atoms with Gasteiger partial charge in [-0.25, -0.2) is 4.79 Å². The fourth-order valence-electron chi connectivity index (χ4n) is 5.25. The predicted octanol–water partition coefficient (Wildman–Crippen LogP) is -5.68. The molecule has 292 valence electrons. The first kappa shape index (κ1) is 44.5. The number of nitrogens with two attached hydrogens (primary N) is 5. The molecule has 1 fully saturated rings. The molecule has 1 aliphatic heterocycles. The molecule has 0 aromatic heterocycles. The third kappa shape index (κ3) is 14.7. The second-order valence-electron chi connectivity index (χ2n) is 12.4. The molecule has 1 aliphatic rings. The summed E-state index contributed by atoms with van der Waals surface area (Å²) in [4.78, 5) is 119. The lowest BCUT2D eigenvalue weighted by molar-refractivity contribution is -0.149. The van der Waals surface area contributed by atoms with E-state index in [0.717, 1.165) is 4.90 Å². The molecule has 0 aromatic rings. The van der Waals surface area contributed by atoms with Crippen LogP contribution in [0.1, 0.15) is 65.7 Å². The van der Waals surface area contributed by atoms with Crippen molar-refractivity contribution in [1.29, 1.82) is 0 Å². The van der Waals surface area contributed by atoms with Gasteiger partial charge < -0.3 is 65.3 Å². The van der Waals surface area contributed by atoms with Gasteiger partial charge in [0.1, 0.15) is 36.3 Å². The number of carboxylic acid groups (broad SMARTS) is 1. The van der Waals surface area contributed by atoms with E-state index in [1.54, 1.807) is 13.8 Å². The quantitative estimate of drug-likeness (QED) is 0.0280. The van der Waals surface area contributed by atoms with E-state index in [4.69, 9.17) is 28.7 Å². The summed E-state index contributed by atoms with van der Waals surface area (Å²) in [5.41, 5.74) is 26.7. The van der Waals surface area contributed by atoms with Crippen LogP contribution in [0.5, 0.6) is 0 Å². The lowest BCUT2D eigenvalue weighted by atomic mass is 9.97. The lowest BCUT2D eigenvalue weighted by Crippen LogP contribution is -2.60. The van der Waals surface area contributed by atoms with Crippen LogP contribution in [0, 0.1) is 5.92 Å². The molecule has 52 heavy (non-hydrogen) atoms. The van der Waals surface area contributed by atoms with Gasteiger partial charge in [-0.1, -0.05) is 20.3 Å². The molecular formula is C30H52N12O10. The van der Waals surface area contributed by atoms with E-state index in [0.29, 0.717) is 12.8 Å². The largest absolute Gasteiger partial charge is 0.480 e. The SMILES string of the molecule is CC[C@H](C)[C@H](NC(=O)CN)C(=O)N[C@@H](CC(N)=O)C(=O)N[C@@H](CC(N)=O)C(=O)N[C@@H](CCCN=C(N)N)C(=O)N[C@@H](C)C(=O)N1CCC[C@H]1C(=O)O. The number of guanidine groups is 1. The van der Waals surface area contributed by atoms with Gasteiger partial charge in [0.05, 0.1) is 19.4 Å². The highest BCUT2D eigenvalue weighted by Gasteiger charge is 2.38. The topological polar surface area (TPSA) is 380 Å². The van der Waals surface area contributed by atoms with E-state index in [1.807, 2.05) is 0 Å². The summed E-state index contributed by atoms with van der Waals surface area (Å²) < 4.78 is 0. The van der Waals surface area contributed by atoms with Crippen LogP contribution in [0.4, 0.5) is 0 Å². The summed E-state index contributed by atoms with van der Waals surface area (Å²) in [5, 5.41) is 21.3. The minimum atomic E-state index is -1.74. The third-order valence-electron chi connectivity index (χ3n) is 8.20. The molecule has 0 bridgehead atoms. The second kappa shape index (κ2) is 21.6. The first-order valence-electron chi connectivity index (χ1n) is 16.7. The highest BCUT2D eigenvalue weighted by Crippen LogP contribution is 2.18. The van der Waals surface area contributed by atoms with Gasteiger partial charge in [-0.05, 0) is 38.5 Å². The Hall–Kier alpha value is -5.54. The average molecular weight is 741 g/mol. The first-order chi connectivity index (χ1) is 24.3. The zero-order valence-electron chi connectivity index (χ0n) is 29.5. The highest BCUT2D eigenvalue weighted by atomic mass is 16.4. The molecule has 0 radical (unpaired) electrons. The van der Waals surface area contributed by atoms with Gasteiger partial charge in [-0.2, -0.15) is 0 Å². The standard InChI is InChI=1S/C30H52N12O10/c1-4-14(2)23(41-22(45)13-31)27(49)40-18(12-21(33)44)26(48)39-17(11-20(32)43)25(47)38-16(7-5-9-36-30(34)35)24(46)37-15(3)28(50)42-10-6-8-19(42)29(51)52/h14-19,23H,4-13,31H2,1-3H3,(H2,32,43)(H2,33,44)(H,37,46)(H,38,47)(H,39,48)(H,40,49)(H,41,45)(H,51,52)(H4,34,35,36)/t14-,15-,16-,17-,18-,19-,23-/m0/s1. The Kier molecular flexibility index (Phi) is 18.5. The maximum Gasteiger partial charge on any atom is 0.326 e. The Morgan fingerprint density at radius 3 is 1.79 bits per heavy atom. The molecule has 1 heterocycles. The van der Waals surface area contributed by atoms with Gasteiger partial charge in [0, 0.05) is 13.1 Å². The van der Waals surface area contributed by atoms with Gasteiger partial charge in [0.25, 0.3) is 0 Å². The normalized spacial score (nSPS) is 17.2. The van der Waals surface area contributed by atoms with E-state index >= 15 is 0 Å². The molecule has 0 spiro atoms. The summed E-state index contributed by atoms with van der Waals surface area (Å²) in [7, 11) is 0. The van der Waals surface area contributed by atoms with Crippen LogP contribution in [-0.2, 0) is 43.2 Å². The van der Waals surface area contributed by atoms with Gasteiger partial charge in [0.2, 0.25) is 47.3 Å². The molecule has 1 saturated heterocycles. The van der Waals surface area contributed by atoms with Crippen molar-refractivity contribution < 1.29 is 48.3 Å². The molecule has 22 heteroatoms. The lowest BCUT2D eigenvalue weighted by Gasteiger charge is -2.28. The smallest absolute Gasteiger partial charge is 0.326 e. The molecular weight excluding hydrogens is 688 g/mol. The number of likely N-dealkylation sites (tertiary alicyclic amines) is 1. The number of carboxylic acids is 1. The van der Waals surface area contributed by atoms with Gasteiger partial charge in [-0.15, -0.1) is 0 Å². The van der Waals surface area contributed by atoms with Crippen LogP contribution >= 0.6 is 0 Å². The Morgan fingerprint density at radius 2 is 1.31 bits per heavy atom. The fraction of sp³-hybridized carbons (Fsp3) is 0.667. The molecule has 0 saturated carbocycles. The number of aliphatic carboxylic acids is 1. The van der Waals surface area contributed by atoms with E-state index in [-0.39, 0.29) is 38.3 Å². The van der Waals surface area contributed by atoms with Crippen LogP contribution in [0.3, 0.4) is 0 Å². The first-order valence-corrected chi connectivity index (χ1v) is 16.7. The van der Waals surface area contributed by atoms with Gasteiger partial charge in [-0.3, -0.25) is 43.3 Å².